The Labute approximate surface area is 187 Å². The van der Waals surface area contributed by atoms with Crippen molar-refractivity contribution in [3.05, 3.63) is 30.6 Å². The summed E-state index contributed by atoms with van der Waals surface area (Å²) in [6, 6.07) is 8.00. The van der Waals surface area contributed by atoms with Crippen LogP contribution in [-0.2, 0) is 9.47 Å². The molecule has 10 nitrogen and oxygen atoms in total. The van der Waals surface area contributed by atoms with E-state index in [0.29, 0.717) is 37.7 Å². The van der Waals surface area contributed by atoms with Crippen LogP contribution in [0.4, 0.5) is 11.9 Å². The first kappa shape index (κ1) is 21.0. The van der Waals surface area contributed by atoms with Gasteiger partial charge in [-0.1, -0.05) is 12.1 Å². The molecule has 2 saturated heterocycles. The van der Waals surface area contributed by atoms with E-state index in [1.165, 1.54) is 0 Å². The SMILES string of the molecule is NCCCCC1CN(c2nc(N3CCOCC3)nc(-n3cnc4ccccc43)n2)CCO1. The highest BCUT2D eigenvalue weighted by Crippen LogP contribution is 2.23. The van der Waals surface area contributed by atoms with E-state index in [4.69, 9.17) is 30.2 Å². The molecule has 2 fully saturated rings. The van der Waals surface area contributed by atoms with Gasteiger partial charge in [-0.05, 0) is 37.9 Å². The largest absolute Gasteiger partial charge is 0.378 e. The van der Waals surface area contributed by atoms with Crippen LogP contribution in [0.1, 0.15) is 19.3 Å². The number of ether oxygens (including phenoxy) is 2. The number of para-hydroxylation sites is 2. The lowest BCUT2D eigenvalue weighted by molar-refractivity contribution is 0.0332. The summed E-state index contributed by atoms with van der Waals surface area (Å²) in [5, 5.41) is 0. The number of morpholine rings is 2. The second kappa shape index (κ2) is 9.76. The number of rotatable bonds is 7. The van der Waals surface area contributed by atoms with Crippen molar-refractivity contribution in [1.29, 1.82) is 0 Å². The predicted molar refractivity (Wildman–Crippen MR) is 122 cm³/mol. The van der Waals surface area contributed by atoms with Crippen LogP contribution in [0.2, 0.25) is 0 Å². The summed E-state index contributed by atoms with van der Waals surface area (Å²) in [5.74, 6) is 1.94. The molecule has 0 aliphatic carbocycles. The van der Waals surface area contributed by atoms with Crippen LogP contribution in [0.5, 0.6) is 0 Å². The number of imidazole rings is 1. The van der Waals surface area contributed by atoms with E-state index >= 15 is 0 Å². The summed E-state index contributed by atoms with van der Waals surface area (Å²) < 4.78 is 13.4. The third-order valence-electron chi connectivity index (χ3n) is 5.96. The Bertz CT molecular complexity index is 1040. The number of benzene rings is 1. The van der Waals surface area contributed by atoms with Crippen molar-refractivity contribution in [3.8, 4) is 5.95 Å². The lowest BCUT2D eigenvalue weighted by Crippen LogP contribution is -2.44. The zero-order valence-electron chi connectivity index (χ0n) is 18.3. The smallest absolute Gasteiger partial charge is 0.242 e. The summed E-state index contributed by atoms with van der Waals surface area (Å²) >= 11 is 0. The van der Waals surface area contributed by atoms with Crippen molar-refractivity contribution in [2.75, 3.05) is 62.3 Å². The van der Waals surface area contributed by atoms with Crippen LogP contribution in [-0.4, -0.2) is 83.2 Å². The van der Waals surface area contributed by atoms with Gasteiger partial charge in [0.05, 0.1) is 37.0 Å². The molecule has 0 radical (unpaired) electrons. The number of hydrogen-bond acceptors (Lipinski definition) is 9. The minimum Gasteiger partial charge on any atom is -0.378 e. The van der Waals surface area contributed by atoms with Crippen molar-refractivity contribution in [2.24, 2.45) is 5.73 Å². The van der Waals surface area contributed by atoms with E-state index in [2.05, 4.69) is 14.8 Å². The van der Waals surface area contributed by atoms with Gasteiger partial charge in [0.15, 0.2) is 0 Å². The molecule has 2 aliphatic heterocycles. The van der Waals surface area contributed by atoms with Gasteiger partial charge in [-0.3, -0.25) is 4.57 Å². The van der Waals surface area contributed by atoms with Gasteiger partial charge in [0, 0.05) is 26.2 Å². The molecular weight excluding hydrogens is 408 g/mol. The maximum atomic E-state index is 5.99. The third-order valence-corrected chi connectivity index (χ3v) is 5.96. The van der Waals surface area contributed by atoms with Crippen LogP contribution in [0.25, 0.3) is 17.0 Å². The molecule has 0 amide bonds. The van der Waals surface area contributed by atoms with Gasteiger partial charge >= 0.3 is 0 Å². The van der Waals surface area contributed by atoms with Crippen molar-refractivity contribution in [3.63, 3.8) is 0 Å². The molecule has 2 N–H and O–H groups in total. The van der Waals surface area contributed by atoms with Crippen LogP contribution in [0, 0.1) is 0 Å². The summed E-state index contributed by atoms with van der Waals surface area (Å²) in [7, 11) is 0. The van der Waals surface area contributed by atoms with E-state index in [1.807, 2.05) is 28.8 Å². The van der Waals surface area contributed by atoms with Crippen LogP contribution in [0.3, 0.4) is 0 Å². The fourth-order valence-electron chi connectivity index (χ4n) is 4.21. The fraction of sp³-hybridized carbons (Fsp3) is 0.545. The van der Waals surface area contributed by atoms with Crippen LogP contribution >= 0.6 is 0 Å². The summed E-state index contributed by atoms with van der Waals surface area (Å²) in [4.78, 5) is 23.5. The van der Waals surface area contributed by atoms with Crippen LogP contribution < -0.4 is 15.5 Å². The molecule has 1 aromatic carbocycles. The van der Waals surface area contributed by atoms with Crippen molar-refractivity contribution >= 4 is 22.9 Å². The topological polar surface area (TPSA) is 107 Å². The first-order valence-electron chi connectivity index (χ1n) is 11.4. The predicted octanol–water partition coefficient (Wildman–Crippen LogP) is 1.38. The second-order valence-corrected chi connectivity index (χ2v) is 8.16. The number of nitrogens with two attached hydrogens (primary N) is 1. The first-order valence-corrected chi connectivity index (χ1v) is 11.4. The Morgan fingerprint density at radius 1 is 0.906 bits per heavy atom. The maximum Gasteiger partial charge on any atom is 0.242 e. The monoisotopic (exact) mass is 438 g/mol. The normalized spacial score (nSPS) is 19.6. The van der Waals surface area contributed by atoms with E-state index < -0.39 is 0 Å². The minimum atomic E-state index is 0.163. The molecule has 4 heterocycles. The van der Waals surface area contributed by atoms with Crippen molar-refractivity contribution in [1.82, 2.24) is 24.5 Å². The number of fused-ring (bicyclic) bond motifs is 1. The highest BCUT2D eigenvalue weighted by Gasteiger charge is 2.25. The number of aromatic nitrogens is 5. The van der Waals surface area contributed by atoms with Gasteiger partial charge in [-0.25, -0.2) is 4.98 Å². The first-order chi connectivity index (χ1) is 15.8. The third kappa shape index (κ3) is 4.52. The second-order valence-electron chi connectivity index (χ2n) is 8.16. The van der Waals surface area contributed by atoms with Gasteiger partial charge in [0.2, 0.25) is 17.8 Å². The molecule has 2 aromatic heterocycles. The molecule has 0 bridgehead atoms. The molecule has 3 aromatic rings. The molecule has 2 aliphatic rings. The molecule has 0 spiro atoms. The Balaban J connectivity index is 1.48. The van der Waals surface area contributed by atoms with E-state index in [0.717, 1.165) is 63.0 Å². The average molecular weight is 439 g/mol. The van der Waals surface area contributed by atoms with Gasteiger partial charge < -0.3 is 25.0 Å². The standard InChI is InChI=1S/C22H30N8O2/c23-8-4-3-5-17-15-29(11-14-32-17)21-25-20(28-9-12-31-13-10-28)26-22(27-21)30-16-24-18-6-1-2-7-19(18)30/h1-2,6-7,16-17H,3-5,8-15,23H2. The molecule has 10 heteroatoms. The Morgan fingerprint density at radius 3 is 2.50 bits per heavy atom. The van der Waals surface area contributed by atoms with Crippen molar-refractivity contribution in [2.45, 2.75) is 25.4 Å². The van der Waals surface area contributed by atoms with E-state index in [9.17, 15) is 0 Å². The average Bonchev–Trinajstić information content (AvgIpc) is 3.29. The number of hydrogen-bond donors (Lipinski definition) is 1. The summed E-state index contributed by atoms with van der Waals surface area (Å²) in [5.41, 5.74) is 7.54. The van der Waals surface area contributed by atoms with Crippen LogP contribution in [0.15, 0.2) is 30.6 Å². The summed E-state index contributed by atoms with van der Waals surface area (Å²) in [6.45, 7) is 5.77. The fourth-order valence-corrected chi connectivity index (χ4v) is 4.21. The number of anilines is 2. The van der Waals surface area contributed by atoms with Gasteiger partial charge in [0.1, 0.15) is 6.33 Å². The zero-order valence-corrected chi connectivity index (χ0v) is 18.3. The lowest BCUT2D eigenvalue weighted by Gasteiger charge is -2.34. The highest BCUT2D eigenvalue weighted by molar-refractivity contribution is 5.76. The summed E-state index contributed by atoms with van der Waals surface area (Å²) in [6.07, 6.45) is 5.02. The van der Waals surface area contributed by atoms with E-state index in [-0.39, 0.29) is 6.10 Å². The Morgan fingerprint density at radius 2 is 1.66 bits per heavy atom. The Hall–Kier alpha value is -2.82. The minimum absolute atomic E-state index is 0.163. The molecule has 0 saturated carbocycles. The number of nitrogens with zero attached hydrogens (tertiary/aromatic N) is 7. The maximum absolute atomic E-state index is 5.99. The Kier molecular flexibility index (Phi) is 6.42. The number of unbranched alkanes of at least 4 members (excludes halogenated alkanes) is 1. The molecule has 1 atom stereocenters. The van der Waals surface area contributed by atoms with Gasteiger partial charge in [0.25, 0.3) is 0 Å². The van der Waals surface area contributed by atoms with Gasteiger partial charge in [-0.2, -0.15) is 15.0 Å². The molecular formula is C22H30N8O2. The molecule has 1 unspecified atom stereocenters. The molecule has 170 valence electrons. The molecule has 32 heavy (non-hydrogen) atoms. The quantitative estimate of drug-likeness (QED) is 0.547. The van der Waals surface area contributed by atoms with Crippen molar-refractivity contribution < 1.29 is 9.47 Å². The lowest BCUT2D eigenvalue weighted by atomic mass is 10.1. The molecule has 5 rings (SSSR count). The zero-order chi connectivity index (χ0) is 21.8. The highest BCUT2D eigenvalue weighted by atomic mass is 16.5. The van der Waals surface area contributed by atoms with Gasteiger partial charge in [-0.15, -0.1) is 0 Å². The van der Waals surface area contributed by atoms with E-state index in [1.54, 1.807) is 6.33 Å².